The molecule has 0 amide bonds. The Morgan fingerprint density at radius 2 is 1.94 bits per heavy atom. The van der Waals surface area contributed by atoms with E-state index in [1.807, 2.05) is 59.3 Å². The van der Waals surface area contributed by atoms with Crippen LogP contribution < -0.4 is 15.0 Å². The lowest BCUT2D eigenvalue weighted by molar-refractivity contribution is 0.00466. The topological polar surface area (TPSA) is 102 Å². The Morgan fingerprint density at radius 3 is 2.71 bits per heavy atom. The molecule has 1 atom stereocenters. The fourth-order valence-electron chi connectivity index (χ4n) is 4.30. The van der Waals surface area contributed by atoms with Gasteiger partial charge in [0.1, 0.15) is 24.2 Å². The average Bonchev–Trinajstić information content (AvgIpc) is 3.29. The van der Waals surface area contributed by atoms with Gasteiger partial charge in [0, 0.05) is 37.5 Å². The maximum atomic E-state index is 12.8. The van der Waals surface area contributed by atoms with E-state index in [9.17, 15) is 9.90 Å². The second kappa shape index (κ2) is 10.3. The number of hydrogen-bond acceptors (Lipinski definition) is 7. The van der Waals surface area contributed by atoms with Crippen molar-refractivity contribution in [3.8, 4) is 28.3 Å². The number of hydrogen-bond donors (Lipinski definition) is 2. The predicted molar refractivity (Wildman–Crippen MR) is 132 cm³/mol. The number of aromatic nitrogens is 3. The van der Waals surface area contributed by atoms with E-state index in [0.29, 0.717) is 42.3 Å². The molecule has 1 saturated heterocycles. The average molecular weight is 477 g/mol. The first-order valence-corrected chi connectivity index (χ1v) is 11.6. The van der Waals surface area contributed by atoms with Crippen molar-refractivity contribution in [1.82, 2.24) is 19.4 Å². The Morgan fingerprint density at radius 1 is 1.14 bits per heavy atom. The molecule has 5 rings (SSSR count). The number of methoxy groups -OCH3 is 1. The molecule has 1 aliphatic heterocycles. The van der Waals surface area contributed by atoms with Crippen LogP contribution >= 0.6 is 0 Å². The molecule has 0 radical (unpaired) electrons. The maximum Gasteiger partial charge on any atom is 0.260 e. The Kier molecular flexibility index (Phi) is 6.80. The third-order valence-corrected chi connectivity index (χ3v) is 6.10. The van der Waals surface area contributed by atoms with Crippen molar-refractivity contribution < 1.29 is 19.3 Å². The summed E-state index contributed by atoms with van der Waals surface area (Å²) in [6, 6.07) is 15.1. The smallest absolute Gasteiger partial charge is 0.260 e. The van der Waals surface area contributed by atoms with Gasteiger partial charge in [-0.25, -0.2) is 4.98 Å². The molecule has 2 N–H and O–H groups in total. The third-order valence-electron chi connectivity index (χ3n) is 6.10. The maximum absolute atomic E-state index is 12.8. The Balaban J connectivity index is 1.37. The molecule has 0 spiro atoms. The van der Waals surface area contributed by atoms with E-state index in [-0.39, 0.29) is 12.2 Å². The summed E-state index contributed by atoms with van der Waals surface area (Å²) in [4.78, 5) is 22.0. The molecule has 1 unspecified atom stereocenters. The van der Waals surface area contributed by atoms with Gasteiger partial charge < -0.3 is 28.9 Å². The van der Waals surface area contributed by atoms with Crippen LogP contribution in [0.3, 0.4) is 0 Å². The van der Waals surface area contributed by atoms with Crippen LogP contribution in [0.15, 0.2) is 65.8 Å². The van der Waals surface area contributed by atoms with Gasteiger partial charge in [-0.05, 0) is 29.8 Å². The molecule has 1 fully saturated rings. The minimum Gasteiger partial charge on any atom is -0.497 e. The van der Waals surface area contributed by atoms with Gasteiger partial charge in [0.25, 0.3) is 5.56 Å². The second-order valence-corrected chi connectivity index (χ2v) is 8.45. The number of nitrogens with zero attached hydrogens (tertiary/aromatic N) is 3. The van der Waals surface area contributed by atoms with E-state index in [4.69, 9.17) is 14.2 Å². The van der Waals surface area contributed by atoms with Crippen LogP contribution in [0.5, 0.6) is 11.5 Å². The molecule has 1 aliphatic rings. The van der Waals surface area contributed by atoms with Crippen molar-refractivity contribution in [3.05, 3.63) is 71.4 Å². The van der Waals surface area contributed by atoms with Crippen LogP contribution in [0, 0.1) is 0 Å². The van der Waals surface area contributed by atoms with E-state index in [0.717, 1.165) is 29.9 Å². The van der Waals surface area contributed by atoms with Crippen molar-refractivity contribution in [3.63, 3.8) is 0 Å². The minimum atomic E-state index is -0.585. The summed E-state index contributed by atoms with van der Waals surface area (Å²) in [5, 5.41) is 10.8. The summed E-state index contributed by atoms with van der Waals surface area (Å²) >= 11 is 0. The summed E-state index contributed by atoms with van der Waals surface area (Å²) in [5.74, 6) is 1.37. The zero-order valence-electron chi connectivity index (χ0n) is 19.5. The first kappa shape index (κ1) is 23.1. The van der Waals surface area contributed by atoms with Crippen LogP contribution in [-0.2, 0) is 4.74 Å². The number of aliphatic hydroxyl groups is 1. The number of aliphatic hydroxyl groups excluding tert-OH is 1. The SMILES string of the molecule is COc1cccc(-n2cc(-c3ccc(OCC(O)CN4CCOCC4)cc3)c3c(=O)[nH]cnc32)c1. The molecule has 0 bridgehead atoms. The Hall–Kier alpha value is -3.66. The minimum absolute atomic E-state index is 0.204. The highest BCUT2D eigenvalue weighted by molar-refractivity contribution is 5.94. The molecule has 2 aromatic heterocycles. The second-order valence-electron chi connectivity index (χ2n) is 8.45. The highest BCUT2D eigenvalue weighted by Crippen LogP contribution is 2.31. The number of rotatable bonds is 8. The normalized spacial score (nSPS) is 15.3. The van der Waals surface area contributed by atoms with Crippen molar-refractivity contribution in [2.24, 2.45) is 0 Å². The summed E-state index contributed by atoms with van der Waals surface area (Å²) in [6.07, 6.45) is 2.73. The number of morpholine rings is 1. The van der Waals surface area contributed by atoms with Gasteiger partial charge in [-0.15, -0.1) is 0 Å². The van der Waals surface area contributed by atoms with E-state index in [2.05, 4.69) is 14.9 Å². The van der Waals surface area contributed by atoms with Gasteiger partial charge in [-0.1, -0.05) is 18.2 Å². The number of H-pyrrole nitrogens is 1. The predicted octanol–water partition coefficient (Wildman–Crippen LogP) is 2.46. The first-order chi connectivity index (χ1) is 17.1. The standard InChI is InChI=1S/C26H28N4O5/c1-33-22-4-2-3-19(13-22)30-15-23(24-25(30)27-17-28-26(24)32)18-5-7-21(8-6-18)35-16-20(31)14-29-9-11-34-12-10-29/h2-8,13,15,17,20,31H,9-12,14,16H2,1H3,(H,27,28,32). The zero-order valence-corrected chi connectivity index (χ0v) is 19.5. The molecule has 35 heavy (non-hydrogen) atoms. The molecular formula is C26H28N4O5. The fourth-order valence-corrected chi connectivity index (χ4v) is 4.30. The molecule has 0 aliphatic carbocycles. The first-order valence-electron chi connectivity index (χ1n) is 11.6. The zero-order chi connectivity index (χ0) is 24.2. The van der Waals surface area contributed by atoms with Crippen molar-refractivity contribution in [2.75, 3.05) is 46.6 Å². The van der Waals surface area contributed by atoms with Crippen LogP contribution in [0.4, 0.5) is 0 Å². The van der Waals surface area contributed by atoms with Crippen molar-refractivity contribution in [2.45, 2.75) is 6.10 Å². The summed E-state index contributed by atoms with van der Waals surface area (Å²) in [5.41, 5.74) is 2.81. The fraction of sp³-hybridized carbons (Fsp3) is 0.308. The number of benzene rings is 2. The number of nitrogens with one attached hydrogen (secondary N) is 1. The van der Waals surface area contributed by atoms with Gasteiger partial charge >= 0.3 is 0 Å². The van der Waals surface area contributed by atoms with Crippen molar-refractivity contribution >= 4 is 11.0 Å². The van der Waals surface area contributed by atoms with Crippen LogP contribution in [0.2, 0.25) is 0 Å². The highest BCUT2D eigenvalue weighted by atomic mass is 16.5. The largest absolute Gasteiger partial charge is 0.497 e. The quantitative estimate of drug-likeness (QED) is 0.403. The van der Waals surface area contributed by atoms with Crippen LogP contribution in [0.1, 0.15) is 0 Å². The summed E-state index contributed by atoms with van der Waals surface area (Å²) in [7, 11) is 1.62. The van der Waals surface area contributed by atoms with Gasteiger partial charge in [0.2, 0.25) is 0 Å². The van der Waals surface area contributed by atoms with Crippen LogP contribution in [-0.4, -0.2) is 77.2 Å². The lowest BCUT2D eigenvalue weighted by Gasteiger charge is -2.28. The van der Waals surface area contributed by atoms with E-state index < -0.39 is 6.10 Å². The number of aromatic amines is 1. The lowest BCUT2D eigenvalue weighted by atomic mass is 10.1. The van der Waals surface area contributed by atoms with E-state index in [1.54, 1.807) is 7.11 Å². The van der Waals surface area contributed by atoms with E-state index in [1.165, 1.54) is 6.33 Å². The lowest BCUT2D eigenvalue weighted by Crippen LogP contribution is -2.42. The molecule has 9 nitrogen and oxygen atoms in total. The number of β-amino-alcohol motifs (C(OH)–C–C–N with tert-alkyl or cyclic N) is 1. The van der Waals surface area contributed by atoms with Gasteiger partial charge in [-0.2, -0.15) is 0 Å². The van der Waals surface area contributed by atoms with Gasteiger partial charge in [0.15, 0.2) is 5.65 Å². The molecule has 4 aromatic rings. The van der Waals surface area contributed by atoms with E-state index >= 15 is 0 Å². The van der Waals surface area contributed by atoms with Gasteiger partial charge in [-0.3, -0.25) is 9.69 Å². The van der Waals surface area contributed by atoms with Crippen molar-refractivity contribution in [1.29, 1.82) is 0 Å². The molecule has 3 heterocycles. The Labute approximate surface area is 202 Å². The molecule has 9 heteroatoms. The number of fused-ring (bicyclic) bond motifs is 1. The van der Waals surface area contributed by atoms with Gasteiger partial charge in [0.05, 0.1) is 37.7 Å². The molecule has 182 valence electrons. The number of ether oxygens (including phenoxy) is 3. The third kappa shape index (κ3) is 5.07. The Bertz CT molecular complexity index is 1340. The molecule has 0 saturated carbocycles. The molecule has 2 aromatic carbocycles. The summed E-state index contributed by atoms with van der Waals surface area (Å²) in [6.45, 7) is 3.80. The highest BCUT2D eigenvalue weighted by Gasteiger charge is 2.17. The summed E-state index contributed by atoms with van der Waals surface area (Å²) < 4.78 is 18.4. The van der Waals surface area contributed by atoms with Crippen LogP contribution in [0.25, 0.3) is 27.8 Å². The molecular weight excluding hydrogens is 448 g/mol. The monoisotopic (exact) mass is 476 g/mol.